The molecule has 3 atom stereocenters. The first-order valence-electron chi connectivity index (χ1n) is 22.0. The maximum atomic E-state index is 14.1. The third-order valence-corrected chi connectivity index (χ3v) is 13.0. The highest BCUT2D eigenvalue weighted by Crippen LogP contribution is 2.38. The van der Waals surface area contributed by atoms with Gasteiger partial charge in [-0.3, -0.25) is 24.2 Å². The van der Waals surface area contributed by atoms with Crippen LogP contribution in [-0.4, -0.2) is 99.7 Å². The molecular formula is C49H63N7O7S. The molecule has 14 nitrogen and oxygen atoms in total. The number of nitrogens with one attached hydrogen (secondary N) is 2. The molecule has 1 fully saturated rings. The van der Waals surface area contributed by atoms with E-state index in [0.717, 1.165) is 76.0 Å². The number of methoxy groups -OCH3 is 2. The summed E-state index contributed by atoms with van der Waals surface area (Å²) in [5, 5.41) is 17.9. The number of rotatable bonds is 19. The molecule has 2 aromatic carbocycles. The molecule has 1 aliphatic heterocycles. The number of hydrogen-bond acceptors (Lipinski definition) is 11. The number of unbranched alkanes of at least 4 members (excludes halogenated alkanes) is 4. The van der Waals surface area contributed by atoms with Crippen molar-refractivity contribution in [3.8, 4) is 33.1 Å². The summed E-state index contributed by atoms with van der Waals surface area (Å²) in [6, 6.07) is 12.1. The van der Waals surface area contributed by atoms with Crippen molar-refractivity contribution >= 4 is 39.8 Å². The molecule has 3 amide bonds. The van der Waals surface area contributed by atoms with Gasteiger partial charge in [0.15, 0.2) is 0 Å². The summed E-state index contributed by atoms with van der Waals surface area (Å²) in [6.45, 7) is 9.43. The van der Waals surface area contributed by atoms with E-state index in [9.17, 15) is 24.3 Å². The van der Waals surface area contributed by atoms with E-state index in [-0.39, 0.29) is 49.2 Å². The van der Waals surface area contributed by atoms with Gasteiger partial charge >= 0.3 is 0 Å². The second kappa shape index (κ2) is 21.4. The van der Waals surface area contributed by atoms with Gasteiger partial charge in [0, 0.05) is 63.7 Å². The Bertz CT molecular complexity index is 2450. The van der Waals surface area contributed by atoms with Crippen molar-refractivity contribution in [1.29, 1.82) is 0 Å². The number of aliphatic hydroxyl groups excluding tert-OH is 1. The van der Waals surface area contributed by atoms with Crippen LogP contribution < -0.4 is 25.7 Å². The largest absolute Gasteiger partial charge is 0.496 e. The van der Waals surface area contributed by atoms with Gasteiger partial charge in [-0.2, -0.15) is 0 Å². The zero-order valence-electron chi connectivity index (χ0n) is 38.4. The number of likely N-dealkylation sites (tertiary alicyclic amines) is 1. The fourth-order valence-corrected chi connectivity index (χ4v) is 9.21. The van der Waals surface area contributed by atoms with Crippen LogP contribution in [0.4, 0.5) is 0 Å². The predicted molar refractivity (Wildman–Crippen MR) is 251 cm³/mol. The van der Waals surface area contributed by atoms with Gasteiger partial charge in [0.25, 0.3) is 5.56 Å². The smallest absolute Gasteiger partial charge is 0.259 e. The lowest BCUT2D eigenvalue weighted by Gasteiger charge is -2.35. The van der Waals surface area contributed by atoms with Crippen molar-refractivity contribution in [2.75, 3.05) is 34.4 Å². The van der Waals surface area contributed by atoms with Gasteiger partial charge in [0.2, 0.25) is 17.7 Å². The van der Waals surface area contributed by atoms with Crippen LogP contribution in [0.1, 0.15) is 82.5 Å². The number of nitrogens with zero attached hydrogens (tertiary/aromatic N) is 5. The lowest BCUT2D eigenvalue weighted by Crippen LogP contribution is -2.57. The summed E-state index contributed by atoms with van der Waals surface area (Å²) in [7, 11) is 7.10. The van der Waals surface area contributed by atoms with Gasteiger partial charge in [-0.05, 0) is 79.0 Å². The van der Waals surface area contributed by atoms with Crippen molar-refractivity contribution in [2.24, 2.45) is 12.5 Å². The number of thiazole rings is 1. The molecule has 1 unspecified atom stereocenters. The fourth-order valence-electron chi connectivity index (χ4n) is 8.40. The second-order valence-electron chi connectivity index (χ2n) is 17.9. The first kappa shape index (κ1) is 47.8. The molecular weight excluding hydrogens is 831 g/mol. The van der Waals surface area contributed by atoms with Crippen LogP contribution >= 0.6 is 11.3 Å². The number of aliphatic hydroxyl groups is 1. The number of pyridine rings is 2. The highest BCUT2D eigenvalue weighted by Gasteiger charge is 2.44. The highest BCUT2D eigenvalue weighted by atomic mass is 32.1. The maximum Gasteiger partial charge on any atom is 0.259 e. The topological polar surface area (TPSA) is 168 Å². The van der Waals surface area contributed by atoms with Gasteiger partial charge in [-0.15, -0.1) is 11.3 Å². The molecule has 0 bridgehead atoms. The van der Waals surface area contributed by atoms with E-state index in [0.29, 0.717) is 29.9 Å². The number of fused-ring (bicyclic) bond motifs is 1. The van der Waals surface area contributed by atoms with Crippen LogP contribution in [-0.2, 0) is 34.5 Å². The molecule has 0 aliphatic carbocycles. The number of amides is 3. The van der Waals surface area contributed by atoms with Crippen molar-refractivity contribution < 1.29 is 29.0 Å². The average molecular weight is 894 g/mol. The van der Waals surface area contributed by atoms with E-state index in [4.69, 9.17) is 9.47 Å². The Morgan fingerprint density at radius 1 is 0.984 bits per heavy atom. The van der Waals surface area contributed by atoms with Crippen LogP contribution in [0.15, 0.2) is 71.4 Å². The predicted octanol–water partition coefficient (Wildman–Crippen LogP) is 6.63. The number of β-amino-alcohol motifs (C(OH)–C–C–N with tert-alkyl or cyclic N) is 1. The molecule has 0 saturated carbocycles. The standard InChI is InChI=1S/C49H63N7O7S/c1-31-44(64-30-52-31)33-17-15-32(16-18-33)25-51-46(59)40-24-35(57)27-56(40)48(61)45(49(2,3)4)53-43(58)14-12-10-9-11-13-21-54(5)28-39-41(62-7)22-34(23-42(39)63-8)38-29-55(6)47(60)37-26-50-20-19-36(37)38/h15-20,22-23,26,29-30,35,40,45,57H,9-14,21,24-25,27-28H2,1-8H3,(H,51,59)(H,53,58)/t35-,40+,45?/m1/s1. The summed E-state index contributed by atoms with van der Waals surface area (Å²) in [4.78, 5) is 66.8. The van der Waals surface area contributed by atoms with Crippen molar-refractivity contribution in [2.45, 2.75) is 104 Å². The van der Waals surface area contributed by atoms with E-state index in [1.54, 1.807) is 49.6 Å². The molecule has 0 spiro atoms. The normalized spacial score (nSPS) is 15.7. The van der Waals surface area contributed by atoms with Crippen molar-refractivity contribution in [1.82, 2.24) is 35.0 Å². The Kier molecular flexibility index (Phi) is 16.0. The Morgan fingerprint density at radius 2 is 1.67 bits per heavy atom. The lowest BCUT2D eigenvalue weighted by molar-refractivity contribution is -0.144. The molecule has 342 valence electrons. The molecule has 5 aromatic rings. The first-order valence-corrected chi connectivity index (χ1v) is 22.9. The fraction of sp³-hybridized carbons (Fsp3) is 0.469. The molecule has 1 saturated heterocycles. The monoisotopic (exact) mass is 893 g/mol. The number of benzene rings is 2. The van der Waals surface area contributed by atoms with Crippen LogP contribution in [0.5, 0.6) is 11.5 Å². The minimum atomic E-state index is -0.863. The summed E-state index contributed by atoms with van der Waals surface area (Å²) in [6.07, 6.45) is 9.18. The number of aromatic nitrogens is 3. The molecule has 64 heavy (non-hydrogen) atoms. The van der Waals surface area contributed by atoms with E-state index in [1.165, 1.54) is 4.90 Å². The van der Waals surface area contributed by atoms with Gasteiger partial charge in [-0.1, -0.05) is 64.3 Å². The van der Waals surface area contributed by atoms with E-state index >= 15 is 0 Å². The van der Waals surface area contributed by atoms with Crippen molar-refractivity contribution in [3.63, 3.8) is 0 Å². The van der Waals surface area contributed by atoms with Gasteiger partial charge in [0.1, 0.15) is 23.6 Å². The SMILES string of the molecule is COc1cc(-c2cn(C)c(=O)c3cnccc23)cc(OC)c1CN(C)CCCCCCCC(=O)NC(C(=O)N1C[C@H](O)C[C@H]1C(=O)NCc1ccc(-c2scnc2C)cc1)C(C)(C)C. The number of carbonyl (C=O) groups excluding carboxylic acids is 3. The minimum Gasteiger partial charge on any atom is -0.496 e. The molecule has 15 heteroatoms. The third-order valence-electron chi connectivity index (χ3n) is 12.0. The van der Waals surface area contributed by atoms with Gasteiger partial charge in [0.05, 0.1) is 47.4 Å². The zero-order valence-corrected chi connectivity index (χ0v) is 39.2. The van der Waals surface area contributed by atoms with Crippen LogP contribution in [0.3, 0.4) is 0 Å². The van der Waals surface area contributed by atoms with E-state index in [1.807, 2.05) is 81.9 Å². The zero-order chi connectivity index (χ0) is 46.1. The summed E-state index contributed by atoms with van der Waals surface area (Å²) >= 11 is 1.58. The molecule has 3 aromatic heterocycles. The highest BCUT2D eigenvalue weighted by molar-refractivity contribution is 7.13. The van der Waals surface area contributed by atoms with E-state index in [2.05, 4.69) is 32.5 Å². The quantitative estimate of drug-likeness (QED) is 0.0766. The van der Waals surface area contributed by atoms with Crippen LogP contribution in [0, 0.1) is 12.3 Å². The summed E-state index contributed by atoms with van der Waals surface area (Å²) in [5.41, 5.74) is 6.73. The minimum absolute atomic E-state index is 0.0268. The maximum absolute atomic E-state index is 14.1. The first-order chi connectivity index (χ1) is 30.6. The number of aryl methyl sites for hydroxylation is 2. The van der Waals surface area contributed by atoms with E-state index < -0.39 is 23.6 Å². The van der Waals surface area contributed by atoms with Gasteiger partial charge in [-0.25, -0.2) is 4.98 Å². The van der Waals surface area contributed by atoms with Gasteiger partial charge < -0.3 is 39.6 Å². The van der Waals surface area contributed by atoms with Crippen LogP contribution in [0.25, 0.3) is 32.3 Å². The molecule has 4 heterocycles. The lowest BCUT2D eigenvalue weighted by atomic mass is 9.85. The number of carbonyl (C=O) groups is 3. The third kappa shape index (κ3) is 11.5. The average Bonchev–Trinajstić information content (AvgIpc) is 3.90. The Balaban J connectivity index is 0.948. The second-order valence-corrected chi connectivity index (χ2v) is 18.8. The Hall–Kier alpha value is -5.64. The molecule has 6 rings (SSSR count). The summed E-state index contributed by atoms with van der Waals surface area (Å²) in [5.74, 6) is 0.488. The van der Waals surface area contributed by atoms with Crippen LogP contribution in [0.2, 0.25) is 0 Å². The Morgan fingerprint density at radius 3 is 2.33 bits per heavy atom. The number of ether oxygens (including phenoxy) is 2. The molecule has 0 radical (unpaired) electrons. The molecule has 1 aliphatic rings. The summed E-state index contributed by atoms with van der Waals surface area (Å²) < 4.78 is 13.3. The number of hydrogen-bond donors (Lipinski definition) is 3. The molecule has 3 N–H and O–H groups in total. The van der Waals surface area contributed by atoms with Crippen molar-refractivity contribution in [3.05, 3.63) is 93.7 Å². The Labute approximate surface area is 380 Å².